The van der Waals surface area contributed by atoms with Gasteiger partial charge in [0.1, 0.15) is 5.82 Å². The van der Waals surface area contributed by atoms with Gasteiger partial charge in [0, 0.05) is 23.5 Å². The first kappa shape index (κ1) is 19.6. The first-order valence-corrected chi connectivity index (χ1v) is 9.54. The maximum absolute atomic E-state index is 13.2. The van der Waals surface area contributed by atoms with E-state index in [0.717, 1.165) is 16.3 Å². The average Bonchev–Trinajstić information content (AvgIpc) is 3.19. The predicted molar refractivity (Wildman–Crippen MR) is 108 cm³/mol. The molecule has 1 N–H and O–H groups in total. The fourth-order valence-electron chi connectivity index (χ4n) is 3.84. The highest BCUT2D eigenvalue weighted by atomic mass is 19.1. The molecule has 6 nitrogen and oxygen atoms in total. The van der Waals surface area contributed by atoms with Crippen molar-refractivity contribution >= 4 is 17.7 Å². The number of amides is 3. The number of nitrogens with one attached hydrogen (secondary N) is 1. The van der Waals surface area contributed by atoms with Crippen LogP contribution in [0.25, 0.3) is 5.69 Å². The highest BCUT2D eigenvalue weighted by Gasteiger charge is 2.40. The molecule has 2 heterocycles. The Morgan fingerprint density at radius 3 is 2.37 bits per heavy atom. The number of hydrogen-bond acceptors (Lipinski definition) is 3. The Balaban J connectivity index is 1.57. The molecule has 1 atom stereocenters. The molecule has 30 heavy (non-hydrogen) atoms. The van der Waals surface area contributed by atoms with E-state index in [4.69, 9.17) is 0 Å². The van der Waals surface area contributed by atoms with Crippen molar-refractivity contribution < 1.29 is 18.8 Å². The van der Waals surface area contributed by atoms with Gasteiger partial charge in [-0.05, 0) is 49.7 Å². The fraction of sp³-hybridized carbons (Fsp3) is 0.174. The third-order valence-corrected chi connectivity index (χ3v) is 5.32. The zero-order chi connectivity index (χ0) is 21.4. The number of rotatable bonds is 4. The number of aryl methyl sites for hydroxylation is 1. The standard InChI is InChI=1S/C23H20FN3O3/c1-14-12-19(15(2)26(14)18-10-8-17(24)9-11-18)22(29)25-27-21(28)13-20(23(27)30)16-6-4-3-5-7-16/h3-12,20H,13H2,1-2H3,(H,25,29)/t20-/m1/s1. The molecule has 1 aliphatic heterocycles. The van der Waals surface area contributed by atoms with Crippen molar-refractivity contribution in [1.29, 1.82) is 0 Å². The zero-order valence-corrected chi connectivity index (χ0v) is 16.6. The number of carbonyl (C=O) groups excluding carboxylic acids is 3. The maximum atomic E-state index is 13.2. The zero-order valence-electron chi connectivity index (χ0n) is 16.6. The van der Waals surface area contributed by atoms with E-state index < -0.39 is 23.6 Å². The summed E-state index contributed by atoms with van der Waals surface area (Å²) in [6.45, 7) is 3.58. The number of halogens is 1. The second-order valence-electron chi connectivity index (χ2n) is 7.27. The van der Waals surface area contributed by atoms with Crippen molar-refractivity contribution in [3.05, 3.63) is 89.0 Å². The number of nitrogens with zero attached hydrogens (tertiary/aromatic N) is 2. The van der Waals surface area contributed by atoms with Gasteiger partial charge in [0.25, 0.3) is 11.8 Å². The molecule has 0 bridgehead atoms. The minimum Gasteiger partial charge on any atom is -0.318 e. The summed E-state index contributed by atoms with van der Waals surface area (Å²) < 4.78 is 15.1. The Morgan fingerprint density at radius 2 is 1.70 bits per heavy atom. The summed E-state index contributed by atoms with van der Waals surface area (Å²) >= 11 is 0. The number of imide groups is 1. The number of benzene rings is 2. The summed E-state index contributed by atoms with van der Waals surface area (Å²) in [5, 5.41) is 0.810. The first-order chi connectivity index (χ1) is 14.4. The predicted octanol–water partition coefficient (Wildman–Crippen LogP) is 3.42. The Labute approximate surface area is 172 Å². The lowest BCUT2D eigenvalue weighted by atomic mass is 9.98. The summed E-state index contributed by atoms with van der Waals surface area (Å²) in [5.74, 6) is -2.41. The van der Waals surface area contributed by atoms with E-state index in [0.29, 0.717) is 16.9 Å². The monoisotopic (exact) mass is 405 g/mol. The Hall–Kier alpha value is -3.74. The van der Waals surface area contributed by atoms with Crippen molar-refractivity contribution in [3.63, 3.8) is 0 Å². The Bertz CT molecular complexity index is 1140. The van der Waals surface area contributed by atoms with Crippen LogP contribution in [0.4, 0.5) is 4.39 Å². The molecule has 2 aromatic carbocycles. The van der Waals surface area contributed by atoms with Gasteiger partial charge in [0.05, 0.1) is 11.5 Å². The van der Waals surface area contributed by atoms with Gasteiger partial charge in [-0.25, -0.2) is 4.39 Å². The lowest BCUT2D eigenvalue weighted by molar-refractivity contribution is -0.141. The molecule has 1 aromatic heterocycles. The number of hydrogen-bond donors (Lipinski definition) is 1. The SMILES string of the molecule is Cc1cc(C(=O)NN2C(=O)C[C@H](c3ccccc3)C2=O)c(C)n1-c1ccc(F)cc1. The highest BCUT2D eigenvalue weighted by Crippen LogP contribution is 2.29. The topological polar surface area (TPSA) is 71.4 Å². The molecule has 0 spiro atoms. The van der Waals surface area contributed by atoms with Gasteiger partial charge in [-0.15, -0.1) is 0 Å². The number of carbonyl (C=O) groups is 3. The highest BCUT2D eigenvalue weighted by molar-refractivity contribution is 6.08. The van der Waals surface area contributed by atoms with E-state index >= 15 is 0 Å². The van der Waals surface area contributed by atoms with Crippen molar-refractivity contribution in [2.75, 3.05) is 0 Å². The van der Waals surface area contributed by atoms with E-state index in [-0.39, 0.29) is 12.2 Å². The molecule has 0 unspecified atom stereocenters. The molecule has 1 fully saturated rings. The van der Waals surface area contributed by atoms with Crippen LogP contribution in [0.5, 0.6) is 0 Å². The van der Waals surface area contributed by atoms with Crippen LogP contribution < -0.4 is 5.43 Å². The maximum Gasteiger partial charge on any atom is 0.272 e. The van der Waals surface area contributed by atoms with Crippen LogP contribution in [0.15, 0.2) is 60.7 Å². The molecular formula is C23H20FN3O3. The molecular weight excluding hydrogens is 385 g/mol. The molecule has 3 aromatic rings. The van der Waals surface area contributed by atoms with Crippen molar-refractivity contribution in [2.24, 2.45) is 0 Å². The summed E-state index contributed by atoms with van der Waals surface area (Å²) in [4.78, 5) is 38.0. The van der Waals surface area contributed by atoms with Crippen molar-refractivity contribution in [2.45, 2.75) is 26.2 Å². The normalized spacial score (nSPS) is 16.2. The summed E-state index contributed by atoms with van der Waals surface area (Å²) in [6.07, 6.45) is 0.0116. The van der Waals surface area contributed by atoms with E-state index in [9.17, 15) is 18.8 Å². The Kier molecular flexibility index (Phi) is 4.95. The molecule has 0 saturated carbocycles. The molecule has 4 rings (SSSR count). The smallest absolute Gasteiger partial charge is 0.272 e. The molecule has 0 aliphatic carbocycles. The van der Waals surface area contributed by atoms with E-state index in [1.807, 2.05) is 17.6 Å². The quantitative estimate of drug-likeness (QED) is 0.676. The Morgan fingerprint density at radius 1 is 1.03 bits per heavy atom. The summed E-state index contributed by atoms with van der Waals surface area (Å²) in [6, 6.07) is 16.6. The van der Waals surface area contributed by atoms with Crippen molar-refractivity contribution in [3.8, 4) is 5.69 Å². The molecule has 1 saturated heterocycles. The van der Waals surface area contributed by atoms with Gasteiger partial charge < -0.3 is 4.57 Å². The van der Waals surface area contributed by atoms with Gasteiger partial charge in [0.2, 0.25) is 5.91 Å². The number of hydrazine groups is 1. The van der Waals surface area contributed by atoms with Crippen LogP contribution in [0.3, 0.4) is 0 Å². The minimum absolute atomic E-state index is 0.0116. The van der Waals surface area contributed by atoms with Gasteiger partial charge in [-0.3, -0.25) is 19.8 Å². The lowest BCUT2D eigenvalue weighted by Gasteiger charge is -2.16. The van der Waals surface area contributed by atoms with Gasteiger partial charge in [0.15, 0.2) is 0 Å². The summed E-state index contributed by atoms with van der Waals surface area (Å²) in [7, 11) is 0. The van der Waals surface area contributed by atoms with Gasteiger partial charge in [-0.1, -0.05) is 30.3 Å². The summed E-state index contributed by atoms with van der Waals surface area (Å²) in [5.41, 5.74) is 5.63. The van der Waals surface area contributed by atoms with Gasteiger partial charge >= 0.3 is 0 Å². The third kappa shape index (κ3) is 3.39. The number of aromatic nitrogens is 1. The molecule has 0 radical (unpaired) electrons. The van der Waals surface area contributed by atoms with Crippen LogP contribution in [-0.4, -0.2) is 27.3 Å². The van der Waals surface area contributed by atoms with Crippen LogP contribution >= 0.6 is 0 Å². The average molecular weight is 405 g/mol. The van der Waals surface area contributed by atoms with Crippen LogP contribution in [-0.2, 0) is 9.59 Å². The molecule has 7 heteroatoms. The van der Waals surface area contributed by atoms with E-state index in [1.54, 1.807) is 49.4 Å². The van der Waals surface area contributed by atoms with Gasteiger partial charge in [-0.2, -0.15) is 5.01 Å². The first-order valence-electron chi connectivity index (χ1n) is 9.54. The second-order valence-corrected chi connectivity index (χ2v) is 7.27. The molecule has 152 valence electrons. The molecule has 3 amide bonds. The fourth-order valence-corrected chi connectivity index (χ4v) is 3.84. The second kappa shape index (κ2) is 7.59. The largest absolute Gasteiger partial charge is 0.318 e. The lowest BCUT2D eigenvalue weighted by Crippen LogP contribution is -2.46. The van der Waals surface area contributed by atoms with Crippen LogP contribution in [0, 0.1) is 19.7 Å². The van der Waals surface area contributed by atoms with E-state index in [2.05, 4.69) is 5.43 Å². The van der Waals surface area contributed by atoms with Crippen molar-refractivity contribution in [1.82, 2.24) is 15.0 Å². The third-order valence-electron chi connectivity index (χ3n) is 5.32. The van der Waals surface area contributed by atoms with Crippen LogP contribution in [0.1, 0.15) is 39.6 Å². The van der Waals surface area contributed by atoms with E-state index in [1.165, 1.54) is 12.1 Å². The molecule has 1 aliphatic rings. The minimum atomic E-state index is -0.606. The van der Waals surface area contributed by atoms with Crippen LogP contribution in [0.2, 0.25) is 0 Å².